The van der Waals surface area contributed by atoms with Crippen LogP contribution in [0.15, 0.2) is 18.2 Å². The first-order valence-electron chi connectivity index (χ1n) is 7.09. The minimum Gasteiger partial charge on any atom is -0.341 e. The molecule has 1 aliphatic rings. The van der Waals surface area contributed by atoms with Crippen LogP contribution in [0.3, 0.4) is 0 Å². The fourth-order valence-corrected chi connectivity index (χ4v) is 2.72. The van der Waals surface area contributed by atoms with E-state index < -0.39 is 0 Å². The summed E-state index contributed by atoms with van der Waals surface area (Å²) in [6.07, 6.45) is 6.20. The number of aryl methyl sites for hydroxylation is 1. The van der Waals surface area contributed by atoms with E-state index in [0.717, 1.165) is 24.3 Å². The molecule has 0 radical (unpaired) electrons. The number of hydrogen-bond acceptors (Lipinski definition) is 2. The van der Waals surface area contributed by atoms with Gasteiger partial charge in [0, 0.05) is 0 Å². The molecule has 0 spiro atoms. The molecule has 18 heavy (non-hydrogen) atoms. The number of nitrogens with one attached hydrogen (secondary N) is 2. The molecule has 1 aromatic heterocycles. The van der Waals surface area contributed by atoms with Crippen molar-refractivity contribution in [1.82, 2.24) is 15.3 Å². The molecule has 1 saturated heterocycles. The van der Waals surface area contributed by atoms with Crippen molar-refractivity contribution in [3.8, 4) is 0 Å². The highest BCUT2D eigenvalue weighted by Crippen LogP contribution is 2.23. The van der Waals surface area contributed by atoms with Gasteiger partial charge in [-0.15, -0.1) is 0 Å². The lowest BCUT2D eigenvalue weighted by Gasteiger charge is -2.12. The molecule has 2 N–H and O–H groups in total. The van der Waals surface area contributed by atoms with Gasteiger partial charge in [0.05, 0.1) is 17.1 Å². The van der Waals surface area contributed by atoms with E-state index in [2.05, 4.69) is 35.4 Å². The Morgan fingerprint density at radius 2 is 2.22 bits per heavy atom. The summed E-state index contributed by atoms with van der Waals surface area (Å²) in [7, 11) is 0. The summed E-state index contributed by atoms with van der Waals surface area (Å²) < 4.78 is 0. The first kappa shape index (κ1) is 11.7. The molecule has 1 fully saturated rings. The Bertz CT molecular complexity index is 522. The van der Waals surface area contributed by atoms with Crippen LogP contribution in [0.2, 0.25) is 0 Å². The molecule has 2 aromatic rings. The summed E-state index contributed by atoms with van der Waals surface area (Å²) in [5, 5.41) is 3.59. The molecule has 96 valence electrons. The molecule has 1 aromatic carbocycles. The van der Waals surface area contributed by atoms with E-state index in [1.807, 2.05) is 0 Å². The van der Waals surface area contributed by atoms with Crippen molar-refractivity contribution in [3.63, 3.8) is 0 Å². The lowest BCUT2D eigenvalue weighted by Crippen LogP contribution is -2.21. The van der Waals surface area contributed by atoms with E-state index in [0.29, 0.717) is 6.04 Å². The molecule has 3 rings (SSSR count). The van der Waals surface area contributed by atoms with Gasteiger partial charge in [0.25, 0.3) is 0 Å². The maximum absolute atomic E-state index is 4.74. The van der Waals surface area contributed by atoms with Crippen LogP contribution in [0.5, 0.6) is 0 Å². The second-order valence-corrected chi connectivity index (χ2v) is 5.18. The third-order valence-corrected chi connectivity index (χ3v) is 3.86. The normalized spacial score (nSPS) is 21.1. The second kappa shape index (κ2) is 5.11. The third-order valence-electron chi connectivity index (χ3n) is 3.86. The molecule has 3 nitrogen and oxygen atoms in total. The van der Waals surface area contributed by atoms with Gasteiger partial charge in [-0.05, 0) is 43.5 Å². The third kappa shape index (κ3) is 2.27. The summed E-state index contributed by atoms with van der Waals surface area (Å²) in [6, 6.07) is 6.94. The molecule has 0 amide bonds. The van der Waals surface area contributed by atoms with Crippen molar-refractivity contribution in [3.05, 3.63) is 29.6 Å². The molecule has 0 bridgehead atoms. The standard InChI is InChI=1S/C15H21N3/c1-2-11-7-8-12-14(10-11)18-15(17-12)13-6-4-3-5-9-16-13/h7-8,10,13,16H,2-6,9H2,1H3,(H,17,18). The monoisotopic (exact) mass is 243 g/mol. The van der Waals surface area contributed by atoms with Crippen LogP contribution in [-0.4, -0.2) is 16.5 Å². The summed E-state index contributed by atoms with van der Waals surface area (Å²) in [5.74, 6) is 1.11. The zero-order chi connectivity index (χ0) is 12.4. The maximum atomic E-state index is 4.74. The van der Waals surface area contributed by atoms with Crippen LogP contribution in [-0.2, 0) is 6.42 Å². The Balaban J connectivity index is 1.91. The molecule has 0 saturated carbocycles. The van der Waals surface area contributed by atoms with Crippen molar-refractivity contribution in [2.24, 2.45) is 0 Å². The van der Waals surface area contributed by atoms with E-state index in [-0.39, 0.29) is 0 Å². The van der Waals surface area contributed by atoms with Gasteiger partial charge in [-0.3, -0.25) is 0 Å². The van der Waals surface area contributed by atoms with Crippen LogP contribution in [0.25, 0.3) is 11.0 Å². The quantitative estimate of drug-likeness (QED) is 0.849. The van der Waals surface area contributed by atoms with Crippen molar-refractivity contribution in [1.29, 1.82) is 0 Å². The molecule has 3 heteroatoms. The van der Waals surface area contributed by atoms with Crippen molar-refractivity contribution >= 4 is 11.0 Å². The van der Waals surface area contributed by atoms with Crippen LogP contribution >= 0.6 is 0 Å². The number of hydrogen-bond donors (Lipinski definition) is 2. The Hall–Kier alpha value is -1.35. The van der Waals surface area contributed by atoms with Gasteiger partial charge in [0.2, 0.25) is 0 Å². The number of nitrogens with zero attached hydrogens (tertiary/aromatic N) is 1. The number of benzene rings is 1. The summed E-state index contributed by atoms with van der Waals surface area (Å²) in [6.45, 7) is 3.30. The molecular formula is C15H21N3. The van der Waals surface area contributed by atoms with E-state index >= 15 is 0 Å². The molecule has 0 aliphatic carbocycles. The average molecular weight is 243 g/mol. The van der Waals surface area contributed by atoms with Crippen LogP contribution < -0.4 is 5.32 Å². The maximum Gasteiger partial charge on any atom is 0.124 e. The molecule has 1 unspecified atom stereocenters. The number of aromatic nitrogens is 2. The largest absolute Gasteiger partial charge is 0.341 e. The van der Waals surface area contributed by atoms with Crippen molar-refractivity contribution in [2.75, 3.05) is 6.54 Å². The van der Waals surface area contributed by atoms with Gasteiger partial charge in [-0.25, -0.2) is 4.98 Å². The fraction of sp³-hybridized carbons (Fsp3) is 0.533. The van der Waals surface area contributed by atoms with E-state index in [4.69, 9.17) is 4.98 Å². The Morgan fingerprint density at radius 3 is 3.11 bits per heavy atom. The van der Waals surface area contributed by atoms with Gasteiger partial charge < -0.3 is 10.3 Å². The first-order valence-corrected chi connectivity index (χ1v) is 7.09. The lowest BCUT2D eigenvalue weighted by molar-refractivity contribution is 0.513. The first-order chi connectivity index (χ1) is 8.86. The number of aromatic amines is 1. The predicted octanol–water partition coefficient (Wildman–Crippen LogP) is 3.33. The van der Waals surface area contributed by atoms with Gasteiger partial charge >= 0.3 is 0 Å². The van der Waals surface area contributed by atoms with Crippen molar-refractivity contribution < 1.29 is 0 Å². The Labute approximate surface area is 108 Å². The van der Waals surface area contributed by atoms with Gasteiger partial charge in [0.15, 0.2) is 0 Å². The summed E-state index contributed by atoms with van der Waals surface area (Å²) >= 11 is 0. The van der Waals surface area contributed by atoms with Crippen LogP contribution in [0.4, 0.5) is 0 Å². The number of fused-ring (bicyclic) bond motifs is 1. The molecular weight excluding hydrogens is 222 g/mol. The highest BCUT2D eigenvalue weighted by Gasteiger charge is 2.17. The Kier molecular flexibility index (Phi) is 3.33. The highest BCUT2D eigenvalue weighted by molar-refractivity contribution is 5.76. The molecule has 1 aliphatic heterocycles. The zero-order valence-corrected chi connectivity index (χ0v) is 11.0. The van der Waals surface area contributed by atoms with Gasteiger partial charge in [-0.1, -0.05) is 25.8 Å². The second-order valence-electron chi connectivity index (χ2n) is 5.18. The van der Waals surface area contributed by atoms with Crippen LogP contribution in [0, 0.1) is 0 Å². The minimum absolute atomic E-state index is 0.407. The smallest absolute Gasteiger partial charge is 0.124 e. The van der Waals surface area contributed by atoms with Crippen LogP contribution in [0.1, 0.15) is 50.0 Å². The summed E-state index contributed by atoms with van der Waals surface area (Å²) in [4.78, 5) is 8.23. The predicted molar refractivity (Wildman–Crippen MR) is 74.7 cm³/mol. The Morgan fingerprint density at radius 1 is 1.28 bits per heavy atom. The lowest BCUT2D eigenvalue weighted by atomic mass is 10.1. The summed E-state index contributed by atoms with van der Waals surface area (Å²) in [5.41, 5.74) is 3.63. The minimum atomic E-state index is 0.407. The average Bonchev–Trinajstić information content (AvgIpc) is 2.63. The topological polar surface area (TPSA) is 40.7 Å². The van der Waals surface area contributed by atoms with E-state index in [9.17, 15) is 0 Å². The number of rotatable bonds is 2. The molecule has 2 heterocycles. The van der Waals surface area contributed by atoms with E-state index in [1.54, 1.807) is 0 Å². The van der Waals surface area contributed by atoms with Gasteiger partial charge in [0.1, 0.15) is 5.82 Å². The van der Waals surface area contributed by atoms with Crippen molar-refractivity contribution in [2.45, 2.75) is 45.1 Å². The molecule has 1 atom stereocenters. The number of imidazole rings is 1. The SMILES string of the molecule is CCc1ccc2nc(C3CCCCCN3)[nH]c2c1. The van der Waals surface area contributed by atoms with Gasteiger partial charge in [-0.2, -0.15) is 0 Å². The van der Waals surface area contributed by atoms with E-state index in [1.165, 1.54) is 36.8 Å². The zero-order valence-electron chi connectivity index (χ0n) is 11.0. The number of H-pyrrole nitrogens is 1. The highest BCUT2D eigenvalue weighted by atomic mass is 15.0. The fourth-order valence-electron chi connectivity index (χ4n) is 2.72.